The van der Waals surface area contributed by atoms with Gasteiger partial charge in [0.1, 0.15) is 0 Å². The maximum absolute atomic E-state index is 13.0. The zero-order chi connectivity index (χ0) is 21.0. The molecule has 4 rings (SSSR count). The summed E-state index contributed by atoms with van der Waals surface area (Å²) in [7, 11) is 1.73. The lowest BCUT2D eigenvalue weighted by molar-refractivity contribution is -0.140. The summed E-state index contributed by atoms with van der Waals surface area (Å²) in [6.07, 6.45) is 7.77. The van der Waals surface area contributed by atoms with E-state index >= 15 is 0 Å². The van der Waals surface area contributed by atoms with Crippen LogP contribution in [0, 0.1) is 11.3 Å². The Morgan fingerprint density at radius 3 is 2.50 bits per heavy atom. The molecule has 0 bridgehead atoms. The minimum absolute atomic E-state index is 0.103. The Balaban J connectivity index is 1.49. The topological polar surface area (TPSA) is 49.4 Å². The average molecular weight is 425 g/mol. The van der Waals surface area contributed by atoms with Crippen LogP contribution in [0.5, 0.6) is 0 Å². The van der Waals surface area contributed by atoms with E-state index in [9.17, 15) is 9.59 Å². The van der Waals surface area contributed by atoms with E-state index in [0.717, 1.165) is 12.8 Å². The molecule has 4 nitrogen and oxygen atoms in total. The third-order valence-corrected chi connectivity index (χ3v) is 7.96. The highest BCUT2D eigenvalue weighted by molar-refractivity contribution is 7.13. The number of rotatable bonds is 6. The Morgan fingerprint density at radius 1 is 1.10 bits per heavy atom. The lowest BCUT2D eigenvalue weighted by Gasteiger charge is -2.41. The Morgan fingerprint density at radius 2 is 1.83 bits per heavy atom. The van der Waals surface area contributed by atoms with E-state index in [-0.39, 0.29) is 11.8 Å². The standard InChI is InChI=1S/C25H32N2O2S/c1-26-24(29)25(18-20-9-4-5-10-21(20)22-11-6-16-30-22)12-14-27(15-13-25)23(28)17-19-7-2-3-8-19/h4-6,9-11,16,19H,2-3,7-8,12-15,17-18H2,1H3,(H,26,29). The number of carbonyl (C=O) groups excluding carboxylic acids is 2. The molecule has 1 aromatic carbocycles. The first-order valence-corrected chi connectivity index (χ1v) is 12.1. The molecule has 1 saturated heterocycles. The first-order valence-electron chi connectivity index (χ1n) is 11.2. The molecule has 5 heteroatoms. The zero-order valence-electron chi connectivity index (χ0n) is 17.9. The molecule has 2 aromatic rings. The second-order valence-corrected chi connectivity index (χ2v) is 9.85. The van der Waals surface area contributed by atoms with E-state index in [0.29, 0.717) is 31.8 Å². The maximum atomic E-state index is 13.0. The van der Waals surface area contributed by atoms with Crippen molar-refractivity contribution in [3.63, 3.8) is 0 Å². The molecule has 0 radical (unpaired) electrons. The quantitative estimate of drug-likeness (QED) is 0.718. The third kappa shape index (κ3) is 4.46. The Kier molecular flexibility index (Phi) is 6.57. The summed E-state index contributed by atoms with van der Waals surface area (Å²) in [6.45, 7) is 1.36. The van der Waals surface area contributed by atoms with Crippen LogP contribution in [0.4, 0.5) is 0 Å². The average Bonchev–Trinajstić information content (AvgIpc) is 3.48. The SMILES string of the molecule is CNC(=O)C1(Cc2ccccc2-c2cccs2)CCN(C(=O)CC2CCCC2)CC1. The van der Waals surface area contributed by atoms with Crippen LogP contribution in [0.3, 0.4) is 0 Å². The van der Waals surface area contributed by atoms with E-state index in [1.807, 2.05) is 4.90 Å². The van der Waals surface area contributed by atoms with Gasteiger partial charge in [-0.25, -0.2) is 0 Å². The minimum atomic E-state index is -0.452. The van der Waals surface area contributed by atoms with Crippen molar-refractivity contribution >= 4 is 23.2 Å². The lowest BCUT2D eigenvalue weighted by atomic mass is 9.72. The molecule has 2 aliphatic rings. The number of piperidine rings is 1. The van der Waals surface area contributed by atoms with Gasteiger partial charge in [0.15, 0.2) is 0 Å². The van der Waals surface area contributed by atoms with E-state index in [1.54, 1.807) is 18.4 Å². The van der Waals surface area contributed by atoms with Gasteiger partial charge in [-0.1, -0.05) is 43.2 Å². The molecule has 1 saturated carbocycles. The zero-order valence-corrected chi connectivity index (χ0v) is 18.7. The molecule has 0 spiro atoms. The fourth-order valence-electron chi connectivity index (χ4n) is 5.24. The molecule has 30 heavy (non-hydrogen) atoms. The van der Waals surface area contributed by atoms with Gasteiger partial charge in [0.05, 0.1) is 5.41 Å². The van der Waals surface area contributed by atoms with Crippen LogP contribution >= 0.6 is 11.3 Å². The second kappa shape index (κ2) is 9.34. The number of carbonyl (C=O) groups is 2. The summed E-state index contributed by atoms with van der Waals surface area (Å²) in [5, 5.41) is 5.01. The van der Waals surface area contributed by atoms with Crippen molar-refractivity contribution in [2.24, 2.45) is 11.3 Å². The van der Waals surface area contributed by atoms with Gasteiger partial charge in [0, 0.05) is 31.4 Å². The predicted molar refractivity (Wildman–Crippen MR) is 122 cm³/mol. The van der Waals surface area contributed by atoms with Crippen LogP contribution in [0.1, 0.15) is 50.5 Å². The number of amides is 2. The van der Waals surface area contributed by atoms with Crippen LogP contribution in [-0.2, 0) is 16.0 Å². The van der Waals surface area contributed by atoms with Crippen LogP contribution < -0.4 is 5.32 Å². The smallest absolute Gasteiger partial charge is 0.226 e. The number of likely N-dealkylation sites (tertiary alicyclic amines) is 1. The molecule has 2 fully saturated rings. The largest absolute Gasteiger partial charge is 0.359 e. The lowest BCUT2D eigenvalue weighted by Crippen LogP contribution is -2.50. The number of nitrogens with one attached hydrogen (secondary N) is 1. The highest BCUT2D eigenvalue weighted by atomic mass is 32.1. The van der Waals surface area contributed by atoms with Gasteiger partial charge in [-0.3, -0.25) is 9.59 Å². The Bertz CT molecular complexity index is 863. The number of hydrogen-bond donors (Lipinski definition) is 1. The monoisotopic (exact) mass is 424 g/mol. The summed E-state index contributed by atoms with van der Waals surface area (Å²) in [5.74, 6) is 0.957. The van der Waals surface area contributed by atoms with Crippen molar-refractivity contribution in [3.8, 4) is 10.4 Å². The van der Waals surface area contributed by atoms with Crippen molar-refractivity contribution in [1.82, 2.24) is 10.2 Å². The van der Waals surface area contributed by atoms with Crippen molar-refractivity contribution < 1.29 is 9.59 Å². The number of thiophene rings is 1. The van der Waals surface area contributed by atoms with Crippen LogP contribution in [0.15, 0.2) is 41.8 Å². The molecule has 1 aromatic heterocycles. The summed E-state index contributed by atoms with van der Waals surface area (Å²) in [6, 6.07) is 12.6. The molecule has 2 heterocycles. The predicted octanol–water partition coefficient (Wildman–Crippen LogP) is 4.89. The van der Waals surface area contributed by atoms with E-state index in [4.69, 9.17) is 0 Å². The van der Waals surface area contributed by atoms with Gasteiger partial charge >= 0.3 is 0 Å². The fourth-order valence-corrected chi connectivity index (χ4v) is 6.02. The minimum Gasteiger partial charge on any atom is -0.359 e. The van der Waals surface area contributed by atoms with Gasteiger partial charge in [-0.05, 0) is 60.6 Å². The Labute approximate surface area is 183 Å². The number of hydrogen-bond acceptors (Lipinski definition) is 3. The van der Waals surface area contributed by atoms with Crippen LogP contribution in [0.25, 0.3) is 10.4 Å². The summed E-state index contributed by atoms with van der Waals surface area (Å²) < 4.78 is 0. The van der Waals surface area contributed by atoms with Gasteiger partial charge in [0.2, 0.25) is 11.8 Å². The van der Waals surface area contributed by atoms with Crippen LogP contribution in [-0.4, -0.2) is 36.9 Å². The van der Waals surface area contributed by atoms with Gasteiger partial charge in [-0.2, -0.15) is 0 Å². The highest BCUT2D eigenvalue weighted by Crippen LogP contribution is 2.39. The van der Waals surface area contributed by atoms with E-state index in [1.165, 1.54) is 41.7 Å². The van der Waals surface area contributed by atoms with E-state index < -0.39 is 5.41 Å². The molecule has 1 aliphatic carbocycles. The van der Waals surface area contributed by atoms with Crippen LogP contribution in [0.2, 0.25) is 0 Å². The van der Waals surface area contributed by atoms with Crippen molar-refractivity contribution in [2.45, 2.75) is 51.4 Å². The summed E-state index contributed by atoms with van der Waals surface area (Å²) in [4.78, 5) is 29.1. The van der Waals surface area contributed by atoms with Crippen molar-refractivity contribution in [3.05, 3.63) is 47.3 Å². The molecule has 1 N–H and O–H groups in total. The summed E-state index contributed by atoms with van der Waals surface area (Å²) in [5.41, 5.74) is 1.98. The fraction of sp³-hybridized carbons (Fsp3) is 0.520. The third-order valence-electron chi connectivity index (χ3n) is 7.05. The maximum Gasteiger partial charge on any atom is 0.226 e. The molecular formula is C25H32N2O2S. The first kappa shape index (κ1) is 21.1. The highest BCUT2D eigenvalue weighted by Gasteiger charge is 2.42. The van der Waals surface area contributed by atoms with E-state index in [2.05, 4.69) is 47.1 Å². The van der Waals surface area contributed by atoms with Crippen molar-refractivity contribution in [2.75, 3.05) is 20.1 Å². The number of benzene rings is 1. The van der Waals surface area contributed by atoms with Gasteiger partial charge < -0.3 is 10.2 Å². The second-order valence-electron chi connectivity index (χ2n) is 8.91. The molecule has 2 amide bonds. The first-order chi connectivity index (χ1) is 14.6. The molecule has 0 atom stereocenters. The molecular weight excluding hydrogens is 392 g/mol. The number of nitrogens with zero attached hydrogens (tertiary/aromatic N) is 1. The van der Waals surface area contributed by atoms with Gasteiger partial charge in [0.25, 0.3) is 0 Å². The molecule has 0 unspecified atom stereocenters. The van der Waals surface area contributed by atoms with Crippen molar-refractivity contribution in [1.29, 1.82) is 0 Å². The van der Waals surface area contributed by atoms with Gasteiger partial charge in [-0.15, -0.1) is 11.3 Å². The molecule has 160 valence electrons. The summed E-state index contributed by atoms with van der Waals surface area (Å²) >= 11 is 1.73. The normalized spacial score (nSPS) is 19.0. The Hall–Kier alpha value is -2.14. The molecule has 1 aliphatic heterocycles.